The molecule has 0 saturated heterocycles. The summed E-state index contributed by atoms with van der Waals surface area (Å²) in [6, 6.07) is 5.08. The summed E-state index contributed by atoms with van der Waals surface area (Å²) in [5.74, 6) is 1.49. The molecule has 5 nitrogen and oxygen atoms in total. The third-order valence-electron chi connectivity index (χ3n) is 4.42. The van der Waals surface area contributed by atoms with Crippen LogP contribution >= 0.6 is 0 Å². The zero-order valence-electron chi connectivity index (χ0n) is 12.8. The molecule has 1 aliphatic rings. The number of rotatable bonds is 5. The second-order valence-corrected chi connectivity index (χ2v) is 5.77. The summed E-state index contributed by atoms with van der Waals surface area (Å²) in [6.45, 7) is 2.25. The third-order valence-corrected chi connectivity index (χ3v) is 4.42. The molecule has 5 heteroatoms. The Bertz CT molecular complexity index is 490. The Kier molecular flexibility index (Phi) is 5.42. The number of nitro benzene ring substituents is 1. The minimum absolute atomic E-state index is 0.0957. The summed E-state index contributed by atoms with van der Waals surface area (Å²) in [7, 11) is 1.59. The lowest BCUT2D eigenvalue weighted by molar-refractivity contribution is -0.384. The van der Waals surface area contributed by atoms with Gasteiger partial charge < -0.3 is 10.1 Å². The first-order valence-corrected chi connectivity index (χ1v) is 7.73. The Morgan fingerprint density at radius 3 is 2.81 bits per heavy atom. The van der Waals surface area contributed by atoms with Crippen molar-refractivity contribution in [2.24, 2.45) is 5.92 Å². The average Bonchev–Trinajstić information content (AvgIpc) is 2.72. The van der Waals surface area contributed by atoms with Crippen molar-refractivity contribution in [3.8, 4) is 5.75 Å². The van der Waals surface area contributed by atoms with Gasteiger partial charge in [-0.25, -0.2) is 0 Å². The van der Waals surface area contributed by atoms with Crippen LogP contribution < -0.4 is 10.1 Å². The molecular weight excluding hydrogens is 268 g/mol. The van der Waals surface area contributed by atoms with Crippen LogP contribution in [-0.4, -0.2) is 18.1 Å². The second-order valence-electron chi connectivity index (χ2n) is 5.77. The molecule has 0 bridgehead atoms. The predicted molar refractivity (Wildman–Crippen MR) is 83.9 cm³/mol. The summed E-state index contributed by atoms with van der Waals surface area (Å²) in [6.07, 6.45) is 7.21. The molecule has 1 saturated carbocycles. The number of hydrogen-bond acceptors (Lipinski definition) is 4. The molecule has 2 unspecified atom stereocenters. The number of non-ortho nitro benzene ring substituents is 1. The van der Waals surface area contributed by atoms with E-state index in [-0.39, 0.29) is 10.6 Å². The number of anilines is 1. The highest BCUT2D eigenvalue weighted by Crippen LogP contribution is 2.32. The molecule has 0 aromatic heterocycles. The van der Waals surface area contributed by atoms with Crippen LogP contribution in [0.5, 0.6) is 5.75 Å². The topological polar surface area (TPSA) is 64.4 Å². The first-order valence-electron chi connectivity index (χ1n) is 7.73. The summed E-state index contributed by atoms with van der Waals surface area (Å²) in [4.78, 5) is 10.5. The van der Waals surface area contributed by atoms with Crippen LogP contribution in [0.3, 0.4) is 0 Å². The minimum atomic E-state index is -0.370. The van der Waals surface area contributed by atoms with E-state index in [2.05, 4.69) is 12.2 Å². The standard InChI is InChI=1S/C16H24N2O3/c1-3-12-5-4-6-13(8-7-12)17-15-11-14(18(19)20)9-10-16(15)21-2/h9-13,17H,3-8H2,1-2H3. The molecule has 116 valence electrons. The van der Waals surface area contributed by atoms with Gasteiger partial charge in [0.05, 0.1) is 17.7 Å². The van der Waals surface area contributed by atoms with Gasteiger partial charge in [0.2, 0.25) is 0 Å². The maximum atomic E-state index is 10.9. The first kappa shape index (κ1) is 15.6. The van der Waals surface area contributed by atoms with E-state index in [1.54, 1.807) is 19.2 Å². The molecule has 2 rings (SSSR count). The largest absolute Gasteiger partial charge is 0.495 e. The minimum Gasteiger partial charge on any atom is -0.495 e. The third kappa shape index (κ3) is 4.09. The zero-order valence-corrected chi connectivity index (χ0v) is 12.8. The lowest BCUT2D eigenvalue weighted by atomic mass is 9.98. The Hall–Kier alpha value is -1.78. The van der Waals surface area contributed by atoms with Crippen molar-refractivity contribution in [1.29, 1.82) is 0 Å². The van der Waals surface area contributed by atoms with Gasteiger partial charge in [-0.3, -0.25) is 10.1 Å². The highest BCUT2D eigenvalue weighted by atomic mass is 16.6. The average molecular weight is 292 g/mol. The van der Waals surface area contributed by atoms with Crippen LogP contribution in [0.15, 0.2) is 18.2 Å². The number of nitro groups is 1. The molecular formula is C16H24N2O3. The quantitative estimate of drug-likeness (QED) is 0.497. The van der Waals surface area contributed by atoms with E-state index < -0.39 is 0 Å². The number of methoxy groups -OCH3 is 1. The number of nitrogens with one attached hydrogen (secondary N) is 1. The summed E-state index contributed by atoms with van der Waals surface area (Å²) < 4.78 is 5.31. The van der Waals surface area contributed by atoms with E-state index >= 15 is 0 Å². The Labute approximate surface area is 125 Å². The van der Waals surface area contributed by atoms with Crippen molar-refractivity contribution < 1.29 is 9.66 Å². The number of nitrogens with zero attached hydrogens (tertiary/aromatic N) is 1. The van der Waals surface area contributed by atoms with Crippen molar-refractivity contribution in [2.75, 3.05) is 12.4 Å². The molecule has 0 amide bonds. The summed E-state index contributed by atoms with van der Waals surface area (Å²) >= 11 is 0. The molecule has 1 N–H and O–H groups in total. The van der Waals surface area contributed by atoms with Crippen LogP contribution in [0, 0.1) is 16.0 Å². The van der Waals surface area contributed by atoms with E-state index in [0.29, 0.717) is 11.8 Å². The maximum absolute atomic E-state index is 10.9. The van der Waals surface area contributed by atoms with Gasteiger partial charge in [-0.05, 0) is 31.2 Å². The monoisotopic (exact) mass is 292 g/mol. The van der Waals surface area contributed by atoms with Gasteiger partial charge in [0.15, 0.2) is 0 Å². The number of hydrogen-bond donors (Lipinski definition) is 1. The molecule has 1 aromatic rings. The van der Waals surface area contributed by atoms with Crippen molar-refractivity contribution in [3.05, 3.63) is 28.3 Å². The lowest BCUT2D eigenvalue weighted by Gasteiger charge is -2.19. The van der Waals surface area contributed by atoms with Crippen LogP contribution in [-0.2, 0) is 0 Å². The summed E-state index contributed by atoms with van der Waals surface area (Å²) in [5.41, 5.74) is 0.824. The van der Waals surface area contributed by atoms with Crippen LogP contribution in [0.4, 0.5) is 11.4 Å². The molecule has 0 radical (unpaired) electrons. The second kappa shape index (κ2) is 7.29. The molecule has 2 atom stereocenters. The van der Waals surface area contributed by atoms with Crippen LogP contribution in [0.1, 0.15) is 45.4 Å². The van der Waals surface area contributed by atoms with Gasteiger partial charge in [0.25, 0.3) is 5.69 Å². The molecule has 1 aromatic carbocycles. The van der Waals surface area contributed by atoms with E-state index in [1.165, 1.54) is 31.7 Å². The fraction of sp³-hybridized carbons (Fsp3) is 0.625. The Morgan fingerprint density at radius 2 is 2.14 bits per heavy atom. The number of benzene rings is 1. The van der Waals surface area contributed by atoms with Crippen molar-refractivity contribution in [2.45, 2.75) is 51.5 Å². The lowest BCUT2D eigenvalue weighted by Crippen LogP contribution is -2.19. The van der Waals surface area contributed by atoms with E-state index in [1.807, 2.05) is 0 Å². The van der Waals surface area contributed by atoms with Crippen LogP contribution in [0.2, 0.25) is 0 Å². The van der Waals surface area contributed by atoms with Gasteiger partial charge in [-0.2, -0.15) is 0 Å². The van der Waals surface area contributed by atoms with E-state index in [0.717, 1.165) is 24.4 Å². The molecule has 21 heavy (non-hydrogen) atoms. The highest BCUT2D eigenvalue weighted by molar-refractivity contribution is 5.62. The fourth-order valence-corrected chi connectivity index (χ4v) is 3.07. The highest BCUT2D eigenvalue weighted by Gasteiger charge is 2.20. The summed E-state index contributed by atoms with van der Waals surface area (Å²) in [5, 5.41) is 14.4. The van der Waals surface area contributed by atoms with Crippen molar-refractivity contribution in [3.63, 3.8) is 0 Å². The van der Waals surface area contributed by atoms with Gasteiger partial charge in [0, 0.05) is 18.2 Å². The van der Waals surface area contributed by atoms with Crippen molar-refractivity contribution >= 4 is 11.4 Å². The molecule has 0 spiro atoms. The normalized spacial score (nSPS) is 22.4. The first-order chi connectivity index (χ1) is 10.1. The molecule has 0 heterocycles. The smallest absolute Gasteiger partial charge is 0.271 e. The van der Waals surface area contributed by atoms with E-state index in [9.17, 15) is 10.1 Å². The van der Waals surface area contributed by atoms with Crippen molar-refractivity contribution in [1.82, 2.24) is 0 Å². The Morgan fingerprint density at radius 1 is 1.33 bits per heavy atom. The van der Waals surface area contributed by atoms with Gasteiger partial charge in [0.1, 0.15) is 5.75 Å². The zero-order chi connectivity index (χ0) is 15.2. The SMILES string of the molecule is CCC1CCCC(Nc2cc([N+](=O)[O-])ccc2OC)CC1. The predicted octanol–water partition coefficient (Wildman–Crippen LogP) is 4.37. The van der Waals surface area contributed by atoms with Gasteiger partial charge in [-0.1, -0.05) is 26.2 Å². The molecule has 0 aliphatic heterocycles. The molecule has 1 fully saturated rings. The van der Waals surface area contributed by atoms with E-state index in [4.69, 9.17) is 4.74 Å². The van der Waals surface area contributed by atoms with Gasteiger partial charge in [-0.15, -0.1) is 0 Å². The maximum Gasteiger partial charge on any atom is 0.271 e. The molecule has 1 aliphatic carbocycles. The van der Waals surface area contributed by atoms with Crippen LogP contribution in [0.25, 0.3) is 0 Å². The Balaban J connectivity index is 2.10. The fourth-order valence-electron chi connectivity index (χ4n) is 3.07. The van der Waals surface area contributed by atoms with Gasteiger partial charge >= 0.3 is 0 Å². The number of ether oxygens (including phenoxy) is 1.